The van der Waals surface area contributed by atoms with Gasteiger partial charge in [-0.1, -0.05) is 37.6 Å². The number of esters is 1. The lowest BCUT2D eigenvalue weighted by Gasteiger charge is -2.21. The van der Waals surface area contributed by atoms with Crippen molar-refractivity contribution >= 4 is 40.3 Å². The zero-order valence-corrected chi connectivity index (χ0v) is 18.0. The molecule has 0 radical (unpaired) electrons. The molecule has 168 valence electrons. The second-order valence-electron chi connectivity index (χ2n) is 7.27. The summed E-state index contributed by atoms with van der Waals surface area (Å²) in [6.45, 7) is 3.38. The number of nitrogens with one attached hydrogen (secondary N) is 1. The Kier molecular flexibility index (Phi) is 6.94. The zero-order valence-electron chi connectivity index (χ0n) is 17.2. The minimum absolute atomic E-state index is 0.0176. The Hall–Kier alpha value is -3.66. The number of nitrogens with zero attached hydrogens (tertiary/aromatic N) is 2. The van der Waals surface area contributed by atoms with Crippen molar-refractivity contribution in [1.82, 2.24) is 9.88 Å². The maximum atomic E-state index is 12.6. The number of aromatic nitrogens is 1. The number of amides is 1. The lowest BCUT2D eigenvalue weighted by atomic mass is 10.0. The monoisotopic (exact) mass is 461 g/mol. The molecule has 0 bridgehead atoms. The minimum Gasteiger partial charge on any atom is -0.462 e. The number of fused-ring (bicyclic) bond motifs is 1. The fourth-order valence-electron chi connectivity index (χ4n) is 3.07. The summed E-state index contributed by atoms with van der Waals surface area (Å²) in [4.78, 5) is 47.5. The van der Waals surface area contributed by atoms with E-state index in [1.54, 1.807) is 38.1 Å². The highest BCUT2D eigenvalue weighted by Gasteiger charge is 2.27. The number of para-hydroxylation sites is 2. The summed E-state index contributed by atoms with van der Waals surface area (Å²) < 4.78 is 11.8. The molecule has 1 aromatic heterocycles. The Morgan fingerprint density at radius 2 is 1.97 bits per heavy atom. The van der Waals surface area contributed by atoms with Crippen LogP contribution >= 0.6 is 11.6 Å². The lowest BCUT2D eigenvalue weighted by molar-refractivity contribution is -0.384. The average molecular weight is 462 g/mol. The number of oxazole rings is 1. The molecule has 1 N–H and O–H groups in total. The van der Waals surface area contributed by atoms with Gasteiger partial charge in [-0.3, -0.25) is 19.5 Å². The Morgan fingerprint density at radius 3 is 2.66 bits per heavy atom. The number of nitro benzene ring substituents is 1. The number of hydrogen-bond donors (Lipinski definition) is 1. The second kappa shape index (κ2) is 9.65. The van der Waals surface area contributed by atoms with Gasteiger partial charge in [0.25, 0.3) is 11.6 Å². The summed E-state index contributed by atoms with van der Waals surface area (Å²) >= 11 is 5.77. The Balaban J connectivity index is 1.66. The van der Waals surface area contributed by atoms with Crippen molar-refractivity contribution in [3.63, 3.8) is 0 Å². The lowest BCUT2D eigenvalue weighted by Crippen LogP contribution is -2.45. The van der Waals surface area contributed by atoms with E-state index in [0.29, 0.717) is 11.1 Å². The van der Waals surface area contributed by atoms with Crippen LogP contribution < -0.4 is 11.1 Å². The predicted molar refractivity (Wildman–Crippen MR) is 116 cm³/mol. The maximum absolute atomic E-state index is 12.6. The smallest absolute Gasteiger partial charge is 0.420 e. The summed E-state index contributed by atoms with van der Waals surface area (Å²) in [6.07, 6.45) is 0. The van der Waals surface area contributed by atoms with Crippen LogP contribution in [-0.4, -0.2) is 34.0 Å². The molecule has 11 heteroatoms. The number of ether oxygens (including phenoxy) is 1. The molecule has 3 aromatic rings. The van der Waals surface area contributed by atoms with Crippen LogP contribution in [0.15, 0.2) is 51.7 Å². The van der Waals surface area contributed by atoms with Gasteiger partial charge >= 0.3 is 11.7 Å². The van der Waals surface area contributed by atoms with E-state index in [1.165, 1.54) is 16.7 Å². The van der Waals surface area contributed by atoms with Crippen molar-refractivity contribution in [3.05, 3.63) is 73.7 Å². The molecular weight excluding hydrogens is 442 g/mol. The maximum Gasteiger partial charge on any atom is 0.420 e. The fourth-order valence-corrected chi connectivity index (χ4v) is 3.26. The van der Waals surface area contributed by atoms with E-state index >= 15 is 0 Å². The largest absolute Gasteiger partial charge is 0.462 e. The van der Waals surface area contributed by atoms with Crippen molar-refractivity contribution in [2.45, 2.75) is 26.4 Å². The molecule has 3 rings (SSSR count). The van der Waals surface area contributed by atoms with Crippen molar-refractivity contribution < 1.29 is 23.7 Å². The van der Waals surface area contributed by atoms with Crippen molar-refractivity contribution in [2.75, 3.05) is 6.61 Å². The topological polar surface area (TPSA) is 134 Å². The van der Waals surface area contributed by atoms with E-state index in [2.05, 4.69) is 5.32 Å². The first-order valence-electron chi connectivity index (χ1n) is 9.69. The van der Waals surface area contributed by atoms with Gasteiger partial charge in [0.05, 0.1) is 17.0 Å². The molecule has 0 saturated heterocycles. The van der Waals surface area contributed by atoms with E-state index in [1.807, 2.05) is 0 Å². The fraction of sp³-hybridized carbons (Fsp3) is 0.286. The van der Waals surface area contributed by atoms with Crippen LogP contribution in [0.1, 0.15) is 24.2 Å². The molecule has 0 unspecified atom stereocenters. The Morgan fingerprint density at radius 1 is 1.25 bits per heavy atom. The van der Waals surface area contributed by atoms with Crippen LogP contribution in [0, 0.1) is 16.0 Å². The highest BCUT2D eigenvalue weighted by Crippen LogP contribution is 2.25. The van der Waals surface area contributed by atoms with Crippen LogP contribution in [-0.2, 0) is 16.1 Å². The highest BCUT2D eigenvalue weighted by molar-refractivity contribution is 6.32. The van der Waals surface area contributed by atoms with E-state index in [9.17, 15) is 24.5 Å². The van der Waals surface area contributed by atoms with Crippen LogP contribution in [0.3, 0.4) is 0 Å². The van der Waals surface area contributed by atoms with Gasteiger partial charge in [0.15, 0.2) is 5.58 Å². The summed E-state index contributed by atoms with van der Waals surface area (Å²) in [7, 11) is 0. The first kappa shape index (κ1) is 23.0. The molecule has 0 fully saturated rings. The van der Waals surface area contributed by atoms with Gasteiger partial charge in [-0.15, -0.1) is 0 Å². The Bertz CT molecular complexity index is 1230. The molecule has 2 aromatic carbocycles. The quantitative estimate of drug-likeness (QED) is 0.309. The van der Waals surface area contributed by atoms with Crippen LogP contribution in [0.4, 0.5) is 5.69 Å². The van der Waals surface area contributed by atoms with Gasteiger partial charge in [-0.25, -0.2) is 9.59 Å². The van der Waals surface area contributed by atoms with Gasteiger partial charge in [0, 0.05) is 11.6 Å². The van der Waals surface area contributed by atoms with Gasteiger partial charge in [0.1, 0.15) is 17.7 Å². The Labute approximate surface area is 186 Å². The van der Waals surface area contributed by atoms with Crippen LogP contribution in [0.5, 0.6) is 0 Å². The number of hydrogen-bond acceptors (Lipinski definition) is 7. The SMILES string of the molecule is CC(C)[C@H](NC(=O)c1ccc(Cl)c([N+](=O)[O-])c1)C(=O)OCCn1c(=O)oc2ccccc21. The molecule has 0 spiro atoms. The molecule has 0 aliphatic heterocycles. The van der Waals surface area contributed by atoms with Crippen molar-refractivity contribution in [3.8, 4) is 0 Å². The second-order valence-corrected chi connectivity index (χ2v) is 7.68. The molecule has 10 nitrogen and oxygen atoms in total. The molecule has 1 atom stereocenters. The van der Waals surface area contributed by atoms with Crippen LogP contribution in [0.25, 0.3) is 11.1 Å². The third-order valence-corrected chi connectivity index (χ3v) is 5.06. The van der Waals surface area contributed by atoms with Crippen LogP contribution in [0.2, 0.25) is 5.02 Å². The molecule has 0 aliphatic rings. The van der Waals surface area contributed by atoms with Gasteiger partial charge in [-0.05, 0) is 30.2 Å². The third kappa shape index (κ3) is 4.97. The summed E-state index contributed by atoms with van der Waals surface area (Å²) in [6, 6.07) is 9.46. The standard InChI is InChI=1S/C21H20ClN3O7/c1-12(2)18(23-19(26)13-7-8-14(22)16(11-13)25(29)30)20(27)31-10-9-24-15-5-3-4-6-17(15)32-21(24)28/h3-8,11-12,18H,9-10H2,1-2H3,(H,23,26)/t18-/m0/s1. The average Bonchev–Trinajstić information content (AvgIpc) is 3.06. The van der Waals surface area contributed by atoms with Gasteiger partial charge < -0.3 is 14.5 Å². The van der Waals surface area contributed by atoms with E-state index in [-0.39, 0.29) is 29.7 Å². The first-order chi connectivity index (χ1) is 15.2. The number of nitro groups is 1. The highest BCUT2D eigenvalue weighted by atomic mass is 35.5. The van der Waals surface area contributed by atoms with Crippen molar-refractivity contribution in [2.24, 2.45) is 5.92 Å². The first-order valence-corrected chi connectivity index (χ1v) is 10.1. The van der Waals surface area contributed by atoms with Gasteiger partial charge in [-0.2, -0.15) is 0 Å². The normalized spacial score (nSPS) is 12.0. The molecule has 32 heavy (non-hydrogen) atoms. The number of benzene rings is 2. The number of carbonyl (C=O) groups excluding carboxylic acids is 2. The molecule has 1 amide bonds. The zero-order chi connectivity index (χ0) is 23.4. The molecule has 1 heterocycles. The van der Waals surface area contributed by atoms with Crippen molar-refractivity contribution in [1.29, 1.82) is 0 Å². The number of carbonyl (C=O) groups is 2. The van der Waals surface area contributed by atoms with Gasteiger partial charge in [0.2, 0.25) is 0 Å². The number of halogens is 1. The minimum atomic E-state index is -1.00. The van der Waals surface area contributed by atoms with E-state index < -0.39 is 34.3 Å². The number of rotatable bonds is 8. The summed E-state index contributed by atoms with van der Waals surface area (Å²) in [5.74, 6) is -2.28. The van der Waals surface area contributed by atoms with E-state index in [4.69, 9.17) is 20.8 Å². The molecule has 0 aliphatic carbocycles. The summed E-state index contributed by atoms with van der Waals surface area (Å²) in [5, 5.41) is 13.5. The molecular formula is C21H20ClN3O7. The van der Waals surface area contributed by atoms with E-state index in [0.717, 1.165) is 6.07 Å². The molecule has 0 saturated carbocycles. The third-order valence-electron chi connectivity index (χ3n) is 4.75. The summed E-state index contributed by atoms with van der Waals surface area (Å²) in [5.41, 5.74) is 0.566. The predicted octanol–water partition coefficient (Wildman–Crippen LogP) is 3.15.